The molecule has 1 aromatic carbocycles. The smallest absolute Gasteiger partial charge is 0.212 e. The maximum absolute atomic E-state index is 13.5. The van der Waals surface area contributed by atoms with Gasteiger partial charge in [-0.25, -0.2) is 17.1 Å². The first-order valence-electron chi connectivity index (χ1n) is 6.31. The summed E-state index contributed by atoms with van der Waals surface area (Å²) in [7, 11) is -3.39. The van der Waals surface area contributed by atoms with E-state index in [1.54, 1.807) is 12.1 Å². The zero-order valence-corrected chi connectivity index (χ0v) is 11.1. The third-order valence-corrected chi connectivity index (χ3v) is 5.08. The second kappa shape index (κ2) is 5.80. The van der Waals surface area contributed by atoms with Crippen molar-refractivity contribution in [2.24, 2.45) is 0 Å². The van der Waals surface area contributed by atoms with Gasteiger partial charge in [-0.15, -0.1) is 0 Å². The second-order valence-corrected chi connectivity index (χ2v) is 6.63. The predicted molar refractivity (Wildman–Crippen MR) is 69.1 cm³/mol. The molecule has 1 aliphatic rings. The predicted octanol–water partition coefficient (Wildman–Crippen LogP) is 2.53. The maximum Gasteiger partial charge on any atom is 0.218 e. The van der Waals surface area contributed by atoms with E-state index in [0.717, 1.165) is 25.7 Å². The molecule has 0 spiro atoms. The topological polar surface area (TPSA) is 37.4 Å². The van der Waals surface area contributed by atoms with Crippen molar-refractivity contribution >= 4 is 10.0 Å². The highest BCUT2D eigenvalue weighted by molar-refractivity contribution is 7.88. The molecular formula is C13H18FNO2S. The Morgan fingerprint density at radius 2 is 1.67 bits per heavy atom. The Morgan fingerprint density at radius 3 is 2.28 bits per heavy atom. The number of nitrogens with zero attached hydrogens (tertiary/aromatic N) is 1. The van der Waals surface area contributed by atoms with Crippen molar-refractivity contribution in [1.82, 2.24) is 4.31 Å². The number of rotatable bonds is 3. The van der Waals surface area contributed by atoms with Crippen LogP contribution in [-0.2, 0) is 15.8 Å². The molecule has 0 bridgehead atoms. The molecule has 0 radical (unpaired) electrons. The second-order valence-electron chi connectivity index (χ2n) is 4.66. The molecule has 0 atom stereocenters. The van der Waals surface area contributed by atoms with E-state index in [4.69, 9.17) is 0 Å². The average molecular weight is 271 g/mol. The van der Waals surface area contributed by atoms with E-state index in [1.165, 1.54) is 16.4 Å². The van der Waals surface area contributed by atoms with Crippen molar-refractivity contribution in [1.29, 1.82) is 0 Å². The molecule has 0 unspecified atom stereocenters. The van der Waals surface area contributed by atoms with Crippen molar-refractivity contribution in [2.75, 3.05) is 13.1 Å². The van der Waals surface area contributed by atoms with Crippen LogP contribution in [0.3, 0.4) is 0 Å². The van der Waals surface area contributed by atoms with Crippen LogP contribution in [0, 0.1) is 5.82 Å². The van der Waals surface area contributed by atoms with Crippen molar-refractivity contribution in [3.8, 4) is 0 Å². The fraction of sp³-hybridized carbons (Fsp3) is 0.538. The summed E-state index contributed by atoms with van der Waals surface area (Å²) in [5.41, 5.74) is 0.252. The molecule has 100 valence electrons. The maximum atomic E-state index is 13.5. The first-order chi connectivity index (χ1) is 8.59. The Bertz CT molecular complexity index is 493. The summed E-state index contributed by atoms with van der Waals surface area (Å²) in [5, 5.41) is 0. The minimum Gasteiger partial charge on any atom is -0.212 e. The molecule has 18 heavy (non-hydrogen) atoms. The lowest BCUT2D eigenvalue weighted by molar-refractivity contribution is 0.422. The van der Waals surface area contributed by atoms with E-state index >= 15 is 0 Å². The standard InChI is InChI=1S/C13H18FNO2S/c14-13-8-4-3-7-12(13)11-18(16,17)15-9-5-1-2-6-10-15/h3-4,7-8H,1-2,5-6,9-11H2. The molecule has 1 aliphatic heterocycles. The molecule has 0 saturated carbocycles. The van der Waals surface area contributed by atoms with Crippen LogP contribution in [0.25, 0.3) is 0 Å². The van der Waals surface area contributed by atoms with Gasteiger partial charge in [0.25, 0.3) is 0 Å². The normalized spacial score (nSPS) is 18.5. The van der Waals surface area contributed by atoms with Gasteiger partial charge in [-0.3, -0.25) is 0 Å². The number of benzene rings is 1. The number of sulfonamides is 1. The lowest BCUT2D eigenvalue weighted by atomic mass is 10.2. The molecule has 1 saturated heterocycles. The molecule has 2 rings (SSSR count). The van der Waals surface area contributed by atoms with Gasteiger partial charge in [-0.1, -0.05) is 31.0 Å². The Hall–Kier alpha value is -0.940. The van der Waals surface area contributed by atoms with Crippen molar-refractivity contribution in [2.45, 2.75) is 31.4 Å². The third kappa shape index (κ3) is 3.29. The van der Waals surface area contributed by atoms with Crippen molar-refractivity contribution in [3.05, 3.63) is 35.6 Å². The monoisotopic (exact) mass is 271 g/mol. The highest BCUT2D eigenvalue weighted by Crippen LogP contribution is 2.18. The molecule has 3 nitrogen and oxygen atoms in total. The molecule has 0 aliphatic carbocycles. The molecule has 0 N–H and O–H groups in total. The van der Waals surface area contributed by atoms with E-state index < -0.39 is 15.8 Å². The van der Waals surface area contributed by atoms with Crippen LogP contribution < -0.4 is 0 Å². The lowest BCUT2D eigenvalue weighted by Gasteiger charge is -2.19. The summed E-state index contributed by atoms with van der Waals surface area (Å²) in [6.07, 6.45) is 3.95. The summed E-state index contributed by atoms with van der Waals surface area (Å²) in [6, 6.07) is 6.06. The van der Waals surface area contributed by atoms with Gasteiger partial charge in [-0.2, -0.15) is 0 Å². The van der Waals surface area contributed by atoms with Crippen LogP contribution in [0.1, 0.15) is 31.2 Å². The van der Waals surface area contributed by atoms with Gasteiger partial charge in [0.05, 0.1) is 5.75 Å². The average Bonchev–Trinajstić information content (AvgIpc) is 2.61. The van der Waals surface area contributed by atoms with Gasteiger partial charge in [0.2, 0.25) is 10.0 Å². The fourth-order valence-electron chi connectivity index (χ4n) is 2.22. The van der Waals surface area contributed by atoms with E-state index in [9.17, 15) is 12.8 Å². The minimum absolute atomic E-state index is 0.236. The van der Waals surface area contributed by atoms with Gasteiger partial charge < -0.3 is 0 Å². The van der Waals surface area contributed by atoms with E-state index in [2.05, 4.69) is 0 Å². The molecule has 0 amide bonds. The van der Waals surface area contributed by atoms with E-state index in [-0.39, 0.29) is 11.3 Å². The molecule has 1 fully saturated rings. The summed E-state index contributed by atoms with van der Waals surface area (Å²) < 4.78 is 39.4. The van der Waals surface area contributed by atoms with Crippen LogP contribution in [0.2, 0.25) is 0 Å². The van der Waals surface area contributed by atoms with Crippen molar-refractivity contribution in [3.63, 3.8) is 0 Å². The summed E-state index contributed by atoms with van der Waals surface area (Å²) >= 11 is 0. The minimum atomic E-state index is -3.39. The first kappa shape index (κ1) is 13.5. The quantitative estimate of drug-likeness (QED) is 0.847. The van der Waals surface area contributed by atoms with Crippen LogP contribution in [0.5, 0.6) is 0 Å². The largest absolute Gasteiger partial charge is 0.218 e. The Kier molecular flexibility index (Phi) is 4.35. The zero-order valence-electron chi connectivity index (χ0n) is 10.3. The van der Waals surface area contributed by atoms with Gasteiger partial charge in [0.1, 0.15) is 5.82 Å². The van der Waals surface area contributed by atoms with Gasteiger partial charge in [0, 0.05) is 18.7 Å². The van der Waals surface area contributed by atoms with Crippen LogP contribution in [-0.4, -0.2) is 25.8 Å². The van der Waals surface area contributed by atoms with E-state index in [1.807, 2.05) is 0 Å². The van der Waals surface area contributed by atoms with Crippen LogP contribution in [0.4, 0.5) is 4.39 Å². The number of halogens is 1. The molecule has 1 heterocycles. The lowest BCUT2D eigenvalue weighted by Crippen LogP contribution is -2.33. The fourth-order valence-corrected chi connectivity index (χ4v) is 3.85. The van der Waals surface area contributed by atoms with Crippen LogP contribution in [0.15, 0.2) is 24.3 Å². The van der Waals surface area contributed by atoms with Crippen molar-refractivity contribution < 1.29 is 12.8 Å². The Labute approximate surface area is 108 Å². The van der Waals surface area contributed by atoms with Gasteiger partial charge in [-0.05, 0) is 18.9 Å². The highest BCUT2D eigenvalue weighted by Gasteiger charge is 2.24. The summed E-state index contributed by atoms with van der Waals surface area (Å²) in [6.45, 7) is 1.13. The summed E-state index contributed by atoms with van der Waals surface area (Å²) in [4.78, 5) is 0. The SMILES string of the molecule is O=S(=O)(Cc1ccccc1F)N1CCCCCC1. The Morgan fingerprint density at radius 1 is 1.06 bits per heavy atom. The zero-order chi connectivity index (χ0) is 13.0. The number of hydrogen-bond acceptors (Lipinski definition) is 2. The van der Waals surface area contributed by atoms with Gasteiger partial charge in [0.15, 0.2) is 0 Å². The molecular weight excluding hydrogens is 253 g/mol. The first-order valence-corrected chi connectivity index (χ1v) is 7.92. The highest BCUT2D eigenvalue weighted by atomic mass is 32.2. The van der Waals surface area contributed by atoms with E-state index in [0.29, 0.717) is 13.1 Å². The van der Waals surface area contributed by atoms with Crippen LogP contribution >= 0.6 is 0 Å². The van der Waals surface area contributed by atoms with Gasteiger partial charge >= 0.3 is 0 Å². The third-order valence-electron chi connectivity index (χ3n) is 3.25. The Balaban J connectivity index is 2.13. The number of hydrogen-bond donors (Lipinski definition) is 0. The molecule has 0 aromatic heterocycles. The molecule has 1 aromatic rings. The molecule has 5 heteroatoms. The summed E-state index contributed by atoms with van der Waals surface area (Å²) in [5.74, 6) is -0.685.